The molecule has 0 fully saturated rings. The summed E-state index contributed by atoms with van der Waals surface area (Å²) < 4.78 is 17.8. The highest BCUT2D eigenvalue weighted by Gasteiger charge is 2.25. The average Bonchev–Trinajstić information content (AvgIpc) is 2.80. The van der Waals surface area contributed by atoms with Crippen LogP contribution in [0.4, 0.5) is 9.39 Å². The quantitative estimate of drug-likeness (QED) is 0.885. The van der Waals surface area contributed by atoms with Crippen molar-refractivity contribution in [2.24, 2.45) is 0 Å². The van der Waals surface area contributed by atoms with Crippen LogP contribution in [0.25, 0.3) is 0 Å². The molecule has 20 heavy (non-hydrogen) atoms. The fourth-order valence-electron chi connectivity index (χ4n) is 2.16. The Hall–Kier alpha value is -1.29. The molecule has 0 radical (unpaired) electrons. The third-order valence-corrected chi connectivity index (χ3v) is 5.40. The normalized spacial score (nSPS) is 17.4. The summed E-state index contributed by atoms with van der Waals surface area (Å²) in [5.74, 6) is 0.641. The zero-order valence-corrected chi connectivity index (χ0v) is 12.6. The lowest BCUT2D eigenvalue weighted by Gasteiger charge is -2.26. The van der Waals surface area contributed by atoms with Gasteiger partial charge in [-0.25, -0.2) is 4.39 Å². The summed E-state index contributed by atoms with van der Waals surface area (Å²) in [6.07, 6.45) is 0.863. The van der Waals surface area contributed by atoms with Gasteiger partial charge in [0.05, 0.1) is 6.04 Å². The van der Waals surface area contributed by atoms with Crippen molar-refractivity contribution in [1.82, 2.24) is 4.37 Å². The van der Waals surface area contributed by atoms with Crippen molar-refractivity contribution in [1.29, 1.82) is 5.26 Å². The van der Waals surface area contributed by atoms with Crippen LogP contribution >= 0.6 is 34.9 Å². The molecule has 0 aliphatic carbocycles. The number of rotatable bonds is 2. The second kappa shape index (κ2) is 5.60. The van der Waals surface area contributed by atoms with E-state index in [1.54, 1.807) is 6.07 Å². The standard InChI is InChI=1S/C13H9ClFN3S2/c14-12-8(6-16)13(20-18-12)17-10-4-5-19-11-7(10)2-1-3-9(11)15/h1-3,10,17H,4-5H2. The largest absolute Gasteiger partial charge is 0.368 e. The number of aromatic nitrogens is 1. The van der Waals surface area contributed by atoms with Crippen molar-refractivity contribution in [2.75, 3.05) is 11.1 Å². The first-order valence-electron chi connectivity index (χ1n) is 5.93. The zero-order valence-electron chi connectivity index (χ0n) is 10.2. The first-order chi connectivity index (χ1) is 9.70. The molecular formula is C13H9ClFN3S2. The van der Waals surface area contributed by atoms with Gasteiger partial charge in [-0.3, -0.25) is 0 Å². The molecule has 3 rings (SSSR count). The van der Waals surface area contributed by atoms with Crippen LogP contribution in [0.1, 0.15) is 23.6 Å². The summed E-state index contributed by atoms with van der Waals surface area (Å²) >= 11 is 8.54. The number of benzene rings is 1. The average molecular weight is 326 g/mol. The van der Waals surface area contributed by atoms with Gasteiger partial charge < -0.3 is 5.32 Å². The lowest BCUT2D eigenvalue weighted by molar-refractivity contribution is 0.585. The van der Waals surface area contributed by atoms with Gasteiger partial charge in [0.25, 0.3) is 0 Å². The molecule has 1 aromatic carbocycles. The molecule has 0 amide bonds. The predicted octanol–water partition coefficient (Wildman–Crippen LogP) is 4.46. The van der Waals surface area contributed by atoms with Gasteiger partial charge in [0.15, 0.2) is 5.15 Å². The lowest BCUT2D eigenvalue weighted by atomic mass is 10.0. The smallest absolute Gasteiger partial charge is 0.162 e. The molecule has 0 bridgehead atoms. The highest BCUT2D eigenvalue weighted by Crippen LogP contribution is 2.40. The molecule has 7 heteroatoms. The molecule has 1 atom stereocenters. The van der Waals surface area contributed by atoms with E-state index in [9.17, 15) is 4.39 Å². The lowest BCUT2D eigenvalue weighted by Crippen LogP contribution is -2.16. The van der Waals surface area contributed by atoms with Crippen LogP contribution in [0.3, 0.4) is 0 Å². The first kappa shape index (κ1) is 13.7. The molecule has 1 aliphatic heterocycles. The Labute approximate surface area is 128 Å². The molecule has 2 aromatic rings. The molecule has 1 aliphatic rings. The van der Waals surface area contributed by atoms with E-state index >= 15 is 0 Å². The fourth-order valence-corrected chi connectivity index (χ4v) is 4.29. The molecule has 1 N–H and O–H groups in total. The molecule has 0 spiro atoms. The molecule has 0 saturated carbocycles. The number of nitrogens with zero attached hydrogens (tertiary/aromatic N) is 2. The number of nitriles is 1. The Morgan fingerprint density at radius 3 is 3.15 bits per heavy atom. The van der Waals surface area contributed by atoms with Crippen molar-refractivity contribution in [3.05, 3.63) is 40.3 Å². The Morgan fingerprint density at radius 2 is 2.35 bits per heavy atom. The maximum Gasteiger partial charge on any atom is 0.162 e. The third kappa shape index (κ3) is 2.37. The number of fused-ring (bicyclic) bond motifs is 1. The fraction of sp³-hybridized carbons (Fsp3) is 0.231. The number of hydrogen-bond donors (Lipinski definition) is 1. The molecule has 2 heterocycles. The topological polar surface area (TPSA) is 48.7 Å². The van der Waals surface area contributed by atoms with E-state index in [1.165, 1.54) is 17.8 Å². The van der Waals surface area contributed by atoms with E-state index in [4.69, 9.17) is 16.9 Å². The second-order valence-electron chi connectivity index (χ2n) is 4.28. The second-order valence-corrected chi connectivity index (χ2v) is 6.52. The van der Waals surface area contributed by atoms with Crippen LogP contribution in [-0.2, 0) is 0 Å². The van der Waals surface area contributed by atoms with Crippen LogP contribution in [0.15, 0.2) is 23.1 Å². The van der Waals surface area contributed by atoms with Gasteiger partial charge in [-0.15, -0.1) is 11.8 Å². The van der Waals surface area contributed by atoms with E-state index in [0.29, 0.717) is 15.5 Å². The van der Waals surface area contributed by atoms with Gasteiger partial charge in [-0.2, -0.15) is 9.64 Å². The molecule has 1 aromatic heterocycles. The van der Waals surface area contributed by atoms with Crippen LogP contribution in [0.5, 0.6) is 0 Å². The van der Waals surface area contributed by atoms with Crippen molar-refractivity contribution >= 4 is 39.9 Å². The van der Waals surface area contributed by atoms with E-state index in [-0.39, 0.29) is 17.0 Å². The highest BCUT2D eigenvalue weighted by molar-refractivity contribution is 7.99. The number of hydrogen-bond acceptors (Lipinski definition) is 5. The van der Waals surface area contributed by atoms with Crippen molar-refractivity contribution in [3.63, 3.8) is 0 Å². The molecular weight excluding hydrogens is 317 g/mol. The van der Waals surface area contributed by atoms with E-state index < -0.39 is 0 Å². The van der Waals surface area contributed by atoms with Gasteiger partial charge in [-0.05, 0) is 29.6 Å². The van der Waals surface area contributed by atoms with Crippen molar-refractivity contribution < 1.29 is 4.39 Å². The molecule has 0 saturated heterocycles. The maximum absolute atomic E-state index is 13.8. The van der Waals surface area contributed by atoms with Gasteiger partial charge in [-0.1, -0.05) is 23.7 Å². The summed E-state index contributed by atoms with van der Waals surface area (Å²) in [6, 6.07) is 7.11. The SMILES string of the molecule is N#Cc1c(Cl)nsc1NC1CCSc2c(F)cccc21. The highest BCUT2D eigenvalue weighted by atomic mass is 35.5. The predicted molar refractivity (Wildman–Crippen MR) is 79.9 cm³/mol. The number of thioether (sulfide) groups is 1. The molecule has 102 valence electrons. The summed E-state index contributed by atoms with van der Waals surface area (Å²) in [5.41, 5.74) is 1.28. The summed E-state index contributed by atoms with van der Waals surface area (Å²) in [4.78, 5) is 0.686. The summed E-state index contributed by atoms with van der Waals surface area (Å²) in [5, 5.41) is 13.2. The Kier molecular flexibility index (Phi) is 3.83. The van der Waals surface area contributed by atoms with Gasteiger partial charge in [0, 0.05) is 10.6 Å². The van der Waals surface area contributed by atoms with Gasteiger partial charge >= 0.3 is 0 Å². The van der Waals surface area contributed by atoms with Crippen LogP contribution in [0.2, 0.25) is 5.15 Å². The molecule has 3 nitrogen and oxygen atoms in total. The van der Waals surface area contributed by atoms with Crippen LogP contribution in [-0.4, -0.2) is 10.1 Å². The van der Waals surface area contributed by atoms with Crippen LogP contribution in [0, 0.1) is 17.1 Å². The maximum atomic E-state index is 13.8. The Bertz CT molecular complexity index is 695. The van der Waals surface area contributed by atoms with E-state index in [0.717, 1.165) is 29.3 Å². The van der Waals surface area contributed by atoms with Gasteiger partial charge in [0.2, 0.25) is 0 Å². The number of halogens is 2. The van der Waals surface area contributed by atoms with Gasteiger partial charge in [0.1, 0.15) is 22.5 Å². The van der Waals surface area contributed by atoms with Crippen molar-refractivity contribution in [2.45, 2.75) is 17.4 Å². The van der Waals surface area contributed by atoms with Crippen molar-refractivity contribution in [3.8, 4) is 6.07 Å². The number of anilines is 1. The minimum atomic E-state index is -0.193. The number of nitrogens with one attached hydrogen (secondary N) is 1. The van der Waals surface area contributed by atoms with Crippen LogP contribution < -0.4 is 5.32 Å². The third-order valence-electron chi connectivity index (χ3n) is 3.09. The zero-order chi connectivity index (χ0) is 14.1. The summed E-state index contributed by atoms with van der Waals surface area (Å²) in [7, 11) is 0. The minimum absolute atomic E-state index is 0.0226. The summed E-state index contributed by atoms with van der Waals surface area (Å²) in [6.45, 7) is 0. The van der Waals surface area contributed by atoms with E-state index in [1.807, 2.05) is 12.1 Å². The Balaban J connectivity index is 1.94. The Morgan fingerprint density at radius 1 is 1.50 bits per heavy atom. The van der Waals surface area contributed by atoms with E-state index in [2.05, 4.69) is 9.69 Å². The first-order valence-corrected chi connectivity index (χ1v) is 8.07. The minimum Gasteiger partial charge on any atom is -0.368 e. The molecule has 1 unspecified atom stereocenters. The monoisotopic (exact) mass is 325 g/mol.